The molecule has 0 saturated carbocycles. The molecular weight excluding hydrogens is 514 g/mol. The molecule has 0 atom stereocenters. The molecule has 3 aromatic rings. The van der Waals surface area contributed by atoms with Gasteiger partial charge < -0.3 is 9.47 Å². The van der Waals surface area contributed by atoms with Gasteiger partial charge in [-0.1, -0.05) is 12.6 Å². The second kappa shape index (κ2) is 11.7. The van der Waals surface area contributed by atoms with Gasteiger partial charge in [-0.3, -0.25) is 4.79 Å². The van der Waals surface area contributed by atoms with Gasteiger partial charge in [0.1, 0.15) is 18.0 Å². The summed E-state index contributed by atoms with van der Waals surface area (Å²) in [5.41, 5.74) is 1.35. The summed E-state index contributed by atoms with van der Waals surface area (Å²) in [6, 6.07) is 11.7. The second-order valence-electron chi connectivity index (χ2n) is 7.00. The molecule has 1 heterocycles. The predicted molar refractivity (Wildman–Crippen MR) is 131 cm³/mol. The van der Waals surface area contributed by atoms with Crippen molar-refractivity contribution in [1.29, 1.82) is 0 Å². The molecule has 0 aliphatic carbocycles. The van der Waals surface area contributed by atoms with Crippen molar-refractivity contribution in [3.63, 3.8) is 0 Å². The Morgan fingerprint density at radius 2 is 1.69 bits per heavy atom. The summed E-state index contributed by atoms with van der Waals surface area (Å²) in [6.45, 7) is 2.20. The van der Waals surface area contributed by atoms with Crippen LogP contribution in [-0.2, 0) is 10.0 Å². The summed E-state index contributed by atoms with van der Waals surface area (Å²) in [5, 5.41) is 1.90. The number of allylic oxidation sites excluding steroid dienone is 1. The molecule has 0 radical (unpaired) electrons. The number of methoxy groups -OCH3 is 2. The first-order valence-electron chi connectivity index (χ1n) is 9.67. The molecule has 1 aromatic heterocycles. The number of alkyl halides is 3. The third-order valence-corrected chi connectivity index (χ3v) is 7.12. The number of sulfonamides is 1. The minimum absolute atomic E-state index is 0. The van der Waals surface area contributed by atoms with E-state index < -0.39 is 33.4 Å². The normalized spacial score (nSPS) is 11.5. The Morgan fingerprint density at radius 1 is 1.06 bits per heavy atom. The van der Waals surface area contributed by atoms with E-state index in [0.717, 1.165) is 22.6 Å². The molecule has 0 saturated heterocycles. The van der Waals surface area contributed by atoms with Gasteiger partial charge in [-0.05, 0) is 41.8 Å². The molecule has 3 rings (SSSR count). The molecule has 1 N–H and O–H groups in total. The van der Waals surface area contributed by atoms with Crippen molar-refractivity contribution >= 4 is 62.3 Å². The maximum absolute atomic E-state index is 13.1. The molecule has 0 amide bonds. The van der Waals surface area contributed by atoms with Crippen molar-refractivity contribution in [2.24, 2.45) is 0 Å². The second-order valence-corrected chi connectivity index (χ2v) is 9.72. The van der Waals surface area contributed by atoms with E-state index in [9.17, 15) is 26.4 Å². The van der Waals surface area contributed by atoms with Crippen LogP contribution in [0.3, 0.4) is 0 Å². The zero-order valence-corrected chi connectivity index (χ0v) is 19.7. The minimum atomic E-state index is -4.69. The van der Waals surface area contributed by atoms with Gasteiger partial charge in [0, 0.05) is 33.2 Å². The monoisotopic (exact) mass is 535 g/mol. The molecule has 0 aliphatic rings. The third kappa shape index (κ3) is 6.96. The molecule has 12 heteroatoms. The van der Waals surface area contributed by atoms with Crippen molar-refractivity contribution in [2.75, 3.05) is 20.8 Å². The first kappa shape index (κ1) is 29.1. The molecule has 0 aliphatic heterocycles. The topological polar surface area (TPSA) is 81.7 Å². The average molecular weight is 536 g/mol. The number of benzene rings is 2. The van der Waals surface area contributed by atoms with Crippen LogP contribution in [0.1, 0.15) is 15.9 Å². The van der Waals surface area contributed by atoms with Gasteiger partial charge in [0.05, 0.1) is 19.1 Å². The molecule has 35 heavy (non-hydrogen) atoms. The van der Waals surface area contributed by atoms with Crippen LogP contribution in [0, 0.1) is 0 Å². The Labute approximate surface area is 227 Å². The fourth-order valence-corrected chi connectivity index (χ4v) is 4.86. The van der Waals surface area contributed by atoms with Crippen LogP contribution >= 0.6 is 11.3 Å². The number of ketones is 1. The standard InChI is InChI=1S/C23H20F3NO5S2.Na.H/c1-14(17-11-18(21-5-4-10-33-21)20(32-3)12-19(17)31-2)22(28)15-6-8-16(9-7-15)34(29,30)27-13-23(24,25)26;;/h4-12,27H,1,13H2,2-3H3;;. The van der Waals surface area contributed by atoms with E-state index in [4.69, 9.17) is 9.47 Å². The zero-order chi connectivity index (χ0) is 25.1. The number of halogens is 3. The van der Waals surface area contributed by atoms with Gasteiger partial charge in [-0.15, -0.1) is 11.3 Å². The summed E-state index contributed by atoms with van der Waals surface area (Å²) in [4.78, 5) is 13.6. The summed E-state index contributed by atoms with van der Waals surface area (Å²) < 4.78 is 73.5. The SMILES string of the molecule is C=C(C(=O)c1ccc(S(=O)(=O)NCC(F)(F)F)cc1)c1cc(-c2cccs2)c(OC)cc1OC.[NaH]. The third-order valence-electron chi connectivity index (χ3n) is 4.80. The molecule has 2 aromatic carbocycles. The Morgan fingerprint density at radius 3 is 2.20 bits per heavy atom. The van der Waals surface area contributed by atoms with Crippen molar-refractivity contribution in [3.05, 3.63) is 71.6 Å². The van der Waals surface area contributed by atoms with Crippen LogP contribution in [0.15, 0.2) is 65.4 Å². The molecular formula is C23H21F3NNaO5S2. The number of carbonyl (C=O) groups excluding carboxylic acids is 1. The van der Waals surface area contributed by atoms with Gasteiger partial charge >= 0.3 is 35.7 Å². The predicted octanol–water partition coefficient (Wildman–Crippen LogP) is 4.52. The Hall–Kier alpha value is -2.15. The quantitative estimate of drug-likeness (QED) is 0.248. The first-order chi connectivity index (χ1) is 16.0. The van der Waals surface area contributed by atoms with E-state index in [1.54, 1.807) is 12.1 Å². The number of Topliss-reactive ketones (excluding diaryl/α,β-unsaturated/α-hetero) is 1. The van der Waals surface area contributed by atoms with Crippen LogP contribution in [0.2, 0.25) is 0 Å². The molecule has 0 fully saturated rings. The van der Waals surface area contributed by atoms with Gasteiger partial charge in [0.25, 0.3) is 0 Å². The number of ether oxygens (including phenoxy) is 2. The van der Waals surface area contributed by atoms with Crippen molar-refractivity contribution in [2.45, 2.75) is 11.1 Å². The molecule has 182 valence electrons. The summed E-state index contributed by atoms with van der Waals surface area (Å²) in [6.07, 6.45) is -4.69. The molecule has 0 spiro atoms. The fraction of sp³-hybridized carbons (Fsp3) is 0.174. The Balaban J connectivity index is 0.00000432. The summed E-state index contributed by atoms with van der Waals surface area (Å²) in [7, 11) is -1.44. The van der Waals surface area contributed by atoms with Gasteiger partial charge in [0.15, 0.2) is 5.78 Å². The van der Waals surface area contributed by atoms with Crippen molar-refractivity contribution in [1.82, 2.24) is 4.72 Å². The number of hydrogen-bond acceptors (Lipinski definition) is 6. The van der Waals surface area contributed by atoms with E-state index >= 15 is 0 Å². The van der Waals surface area contributed by atoms with E-state index in [1.807, 2.05) is 17.5 Å². The van der Waals surface area contributed by atoms with E-state index in [-0.39, 0.29) is 40.7 Å². The van der Waals surface area contributed by atoms with Gasteiger partial charge in [-0.2, -0.15) is 13.2 Å². The number of nitrogens with one attached hydrogen (secondary N) is 1. The molecule has 0 unspecified atom stereocenters. The number of carbonyl (C=O) groups is 1. The number of rotatable bonds is 9. The number of hydrogen-bond donors (Lipinski definition) is 1. The Kier molecular flexibility index (Phi) is 9.74. The molecule has 6 nitrogen and oxygen atoms in total. The van der Waals surface area contributed by atoms with Crippen LogP contribution < -0.4 is 14.2 Å². The first-order valence-corrected chi connectivity index (χ1v) is 12.0. The Bertz CT molecular complexity index is 1310. The number of thiophene rings is 1. The average Bonchev–Trinajstić information content (AvgIpc) is 3.35. The van der Waals surface area contributed by atoms with Gasteiger partial charge in [0.2, 0.25) is 10.0 Å². The van der Waals surface area contributed by atoms with Crippen molar-refractivity contribution < 1.29 is 35.9 Å². The van der Waals surface area contributed by atoms with E-state index in [1.165, 1.54) is 42.4 Å². The van der Waals surface area contributed by atoms with Crippen molar-refractivity contribution in [3.8, 4) is 21.9 Å². The van der Waals surface area contributed by atoms with Crippen LogP contribution in [0.25, 0.3) is 16.0 Å². The maximum atomic E-state index is 13.1. The van der Waals surface area contributed by atoms with E-state index in [2.05, 4.69) is 6.58 Å². The summed E-state index contributed by atoms with van der Waals surface area (Å²) in [5.74, 6) is 0.392. The van der Waals surface area contributed by atoms with Gasteiger partial charge in [-0.25, -0.2) is 13.1 Å². The van der Waals surface area contributed by atoms with Crippen LogP contribution in [-0.4, -0.2) is 70.7 Å². The fourth-order valence-electron chi connectivity index (χ4n) is 3.10. The molecule has 0 bridgehead atoms. The van der Waals surface area contributed by atoms with E-state index in [0.29, 0.717) is 17.1 Å². The zero-order valence-electron chi connectivity index (χ0n) is 18.1. The van der Waals surface area contributed by atoms with Crippen LogP contribution in [0.4, 0.5) is 13.2 Å². The summed E-state index contributed by atoms with van der Waals surface area (Å²) >= 11 is 1.48. The van der Waals surface area contributed by atoms with Crippen LogP contribution in [0.5, 0.6) is 11.5 Å².